The molecule has 0 fully saturated rings. The van der Waals surface area contributed by atoms with Gasteiger partial charge in [-0.25, -0.2) is 4.79 Å². The number of carboxylic acid groups (broad SMARTS) is 1. The van der Waals surface area contributed by atoms with Crippen molar-refractivity contribution < 1.29 is 24.6 Å². The fourth-order valence-electron chi connectivity index (χ4n) is 3.86. The third-order valence-electron chi connectivity index (χ3n) is 5.47. The average molecular weight is 437 g/mol. The summed E-state index contributed by atoms with van der Waals surface area (Å²) in [4.78, 5) is 41.0. The highest BCUT2D eigenvalue weighted by molar-refractivity contribution is 6.11. The lowest BCUT2D eigenvalue weighted by Gasteiger charge is -2.25. The van der Waals surface area contributed by atoms with Crippen LogP contribution in [0.4, 0.5) is 0 Å². The number of aromatic amines is 1. The maximum atomic E-state index is 13.5. The number of hydrogen-bond donors (Lipinski definition) is 4. The van der Waals surface area contributed by atoms with Crippen molar-refractivity contribution in [2.75, 3.05) is 0 Å². The van der Waals surface area contributed by atoms with Crippen LogP contribution in [0.2, 0.25) is 0 Å². The largest absolute Gasteiger partial charge is 0.479 e. The van der Waals surface area contributed by atoms with Crippen molar-refractivity contribution >= 4 is 28.6 Å². The van der Waals surface area contributed by atoms with Gasteiger partial charge < -0.3 is 20.5 Å². The standard InChI is InChI=1S/C25H28N2O5/c1-15(2)12-18(23(29)25(31)32)24(30)27-21(13-16-8-4-3-5-9-16)22(28)19-14-26-20-11-7-6-10-17(19)20/h3-11,14-15,18,21,23,26,29H,12-13H2,1-2H3,(H,27,30)(H,31,32)/t18?,21?,23-/m0/s1. The van der Waals surface area contributed by atoms with E-state index in [0.29, 0.717) is 5.56 Å². The molecule has 1 amide bonds. The fraction of sp³-hybridized carbons (Fsp3) is 0.320. The van der Waals surface area contributed by atoms with Crippen molar-refractivity contribution in [3.63, 3.8) is 0 Å². The van der Waals surface area contributed by atoms with Gasteiger partial charge in [0.1, 0.15) is 0 Å². The van der Waals surface area contributed by atoms with Crippen LogP contribution in [0, 0.1) is 11.8 Å². The summed E-state index contributed by atoms with van der Waals surface area (Å²) >= 11 is 0. The predicted molar refractivity (Wildman–Crippen MR) is 121 cm³/mol. The number of carboxylic acids is 1. The number of aliphatic hydroxyl groups is 1. The minimum Gasteiger partial charge on any atom is -0.479 e. The number of aromatic nitrogens is 1. The van der Waals surface area contributed by atoms with E-state index in [9.17, 15) is 24.6 Å². The highest BCUT2D eigenvalue weighted by Crippen LogP contribution is 2.22. The summed E-state index contributed by atoms with van der Waals surface area (Å²) < 4.78 is 0. The minimum absolute atomic E-state index is 0.0170. The maximum Gasteiger partial charge on any atom is 0.333 e. The Hall–Kier alpha value is -3.45. The molecule has 0 aliphatic carbocycles. The first-order chi connectivity index (χ1) is 15.3. The van der Waals surface area contributed by atoms with Crippen LogP contribution in [0.3, 0.4) is 0 Å². The molecule has 1 aromatic heterocycles. The molecule has 7 heteroatoms. The number of H-pyrrole nitrogens is 1. The number of nitrogens with one attached hydrogen (secondary N) is 2. The summed E-state index contributed by atoms with van der Waals surface area (Å²) in [6.45, 7) is 3.68. The molecule has 4 N–H and O–H groups in total. The van der Waals surface area contributed by atoms with E-state index in [1.165, 1.54) is 0 Å². The molecule has 0 bridgehead atoms. The molecule has 0 saturated carbocycles. The van der Waals surface area contributed by atoms with E-state index >= 15 is 0 Å². The third-order valence-corrected chi connectivity index (χ3v) is 5.47. The molecule has 0 aliphatic rings. The normalized spacial score (nSPS) is 14.1. The number of rotatable bonds is 10. The number of ketones is 1. The number of aliphatic hydroxyl groups excluding tert-OH is 1. The summed E-state index contributed by atoms with van der Waals surface area (Å²) in [5, 5.41) is 22.9. The van der Waals surface area contributed by atoms with Crippen LogP contribution in [0.25, 0.3) is 10.9 Å². The lowest BCUT2D eigenvalue weighted by atomic mass is 9.90. The molecule has 3 atom stereocenters. The number of benzene rings is 2. The van der Waals surface area contributed by atoms with Gasteiger partial charge in [-0.15, -0.1) is 0 Å². The van der Waals surface area contributed by atoms with E-state index < -0.39 is 29.9 Å². The van der Waals surface area contributed by atoms with Gasteiger partial charge >= 0.3 is 5.97 Å². The van der Waals surface area contributed by atoms with E-state index in [0.717, 1.165) is 16.5 Å². The quantitative estimate of drug-likeness (QED) is 0.364. The van der Waals surface area contributed by atoms with Gasteiger partial charge in [-0.1, -0.05) is 62.4 Å². The molecule has 2 aromatic carbocycles. The second-order valence-corrected chi connectivity index (χ2v) is 8.38. The zero-order valence-corrected chi connectivity index (χ0v) is 18.1. The number of carbonyl (C=O) groups excluding carboxylic acids is 2. The van der Waals surface area contributed by atoms with Gasteiger partial charge in [0.2, 0.25) is 5.91 Å². The smallest absolute Gasteiger partial charge is 0.333 e. The predicted octanol–water partition coefficient (Wildman–Crippen LogP) is 3.19. The topological polar surface area (TPSA) is 119 Å². The minimum atomic E-state index is -1.85. The molecule has 0 aliphatic heterocycles. The van der Waals surface area contributed by atoms with E-state index in [-0.39, 0.29) is 24.5 Å². The van der Waals surface area contributed by atoms with Gasteiger partial charge in [0.05, 0.1) is 12.0 Å². The van der Waals surface area contributed by atoms with Crippen molar-refractivity contribution in [3.8, 4) is 0 Å². The summed E-state index contributed by atoms with van der Waals surface area (Å²) in [6, 6.07) is 15.7. The van der Waals surface area contributed by atoms with Crippen LogP contribution < -0.4 is 5.32 Å². The number of fused-ring (bicyclic) bond motifs is 1. The van der Waals surface area contributed by atoms with Gasteiger partial charge in [0.25, 0.3) is 0 Å². The van der Waals surface area contributed by atoms with Crippen molar-refractivity contribution in [2.45, 2.75) is 38.8 Å². The molecule has 0 spiro atoms. The highest BCUT2D eigenvalue weighted by Gasteiger charge is 2.35. The summed E-state index contributed by atoms with van der Waals surface area (Å²) in [7, 11) is 0. The van der Waals surface area contributed by atoms with Crippen molar-refractivity contribution in [2.24, 2.45) is 11.8 Å². The van der Waals surface area contributed by atoms with Crippen molar-refractivity contribution in [1.29, 1.82) is 0 Å². The summed E-state index contributed by atoms with van der Waals surface area (Å²) in [5.41, 5.74) is 2.10. The van der Waals surface area contributed by atoms with Crippen molar-refractivity contribution in [1.82, 2.24) is 10.3 Å². The number of hydrogen-bond acceptors (Lipinski definition) is 4. The molecule has 0 saturated heterocycles. The van der Waals surface area contributed by atoms with E-state index in [1.54, 1.807) is 6.20 Å². The maximum absolute atomic E-state index is 13.5. The van der Waals surface area contributed by atoms with Crippen LogP contribution in [0.15, 0.2) is 60.8 Å². The molecule has 0 radical (unpaired) electrons. The van der Waals surface area contributed by atoms with Gasteiger partial charge in [-0.05, 0) is 24.0 Å². The SMILES string of the molecule is CC(C)CC(C(=O)NC(Cc1ccccc1)C(=O)c1c[nH]c2ccccc12)[C@H](O)C(=O)O. The first-order valence-electron chi connectivity index (χ1n) is 10.6. The van der Waals surface area contributed by atoms with Gasteiger partial charge in [0.15, 0.2) is 11.9 Å². The molecule has 7 nitrogen and oxygen atoms in total. The molecule has 3 rings (SSSR count). The second-order valence-electron chi connectivity index (χ2n) is 8.38. The Morgan fingerprint density at radius 1 is 1.00 bits per heavy atom. The number of Topliss-reactive ketones (excluding diaryl/α,β-unsaturated/α-hetero) is 1. The lowest BCUT2D eigenvalue weighted by molar-refractivity contribution is -0.154. The van der Waals surface area contributed by atoms with E-state index in [1.807, 2.05) is 68.4 Å². The Labute approximate surface area is 186 Å². The molecular formula is C25H28N2O5. The molecule has 168 valence electrons. The Kier molecular flexibility index (Phi) is 7.43. The van der Waals surface area contributed by atoms with E-state index in [2.05, 4.69) is 10.3 Å². The van der Waals surface area contributed by atoms with Crippen LogP contribution in [-0.2, 0) is 16.0 Å². The monoisotopic (exact) mass is 436 g/mol. The van der Waals surface area contributed by atoms with Crippen LogP contribution in [-0.4, -0.2) is 45.0 Å². The zero-order chi connectivity index (χ0) is 23.3. The van der Waals surface area contributed by atoms with Crippen molar-refractivity contribution in [3.05, 3.63) is 71.9 Å². The first kappa shape index (κ1) is 23.2. The summed E-state index contributed by atoms with van der Waals surface area (Å²) in [5.74, 6) is -3.58. The Morgan fingerprint density at radius 2 is 1.66 bits per heavy atom. The van der Waals surface area contributed by atoms with Gasteiger partial charge in [-0.2, -0.15) is 0 Å². The number of aliphatic carboxylic acids is 1. The van der Waals surface area contributed by atoms with Gasteiger partial charge in [0, 0.05) is 29.1 Å². The average Bonchev–Trinajstić information content (AvgIpc) is 3.20. The number of para-hydroxylation sites is 1. The molecular weight excluding hydrogens is 408 g/mol. The molecule has 3 aromatic rings. The third kappa shape index (κ3) is 5.42. The summed E-state index contributed by atoms with van der Waals surface area (Å²) in [6.07, 6.45) is 0.189. The Balaban J connectivity index is 1.92. The van der Waals surface area contributed by atoms with Crippen LogP contribution in [0.5, 0.6) is 0 Å². The second kappa shape index (κ2) is 10.2. The van der Waals surface area contributed by atoms with Gasteiger partial charge in [-0.3, -0.25) is 9.59 Å². The Morgan fingerprint density at radius 3 is 2.31 bits per heavy atom. The zero-order valence-electron chi connectivity index (χ0n) is 18.1. The Bertz CT molecular complexity index is 1090. The first-order valence-corrected chi connectivity index (χ1v) is 10.6. The van der Waals surface area contributed by atoms with Crippen LogP contribution in [0.1, 0.15) is 36.2 Å². The van der Waals surface area contributed by atoms with E-state index in [4.69, 9.17) is 0 Å². The fourth-order valence-corrected chi connectivity index (χ4v) is 3.86. The lowest BCUT2D eigenvalue weighted by Crippen LogP contribution is -2.49. The van der Waals surface area contributed by atoms with Crippen LogP contribution >= 0.6 is 0 Å². The highest BCUT2D eigenvalue weighted by atomic mass is 16.4. The number of carbonyl (C=O) groups is 3. The molecule has 32 heavy (non-hydrogen) atoms. The number of amides is 1. The molecule has 1 heterocycles. The molecule has 2 unspecified atom stereocenters.